The molecule has 0 radical (unpaired) electrons. The number of nitrogens with zero attached hydrogens (tertiary/aromatic N) is 3. The number of benzene rings is 1. The summed E-state index contributed by atoms with van der Waals surface area (Å²) in [5.41, 5.74) is 5.79. The van der Waals surface area contributed by atoms with Crippen LogP contribution < -0.4 is 21.9 Å². The van der Waals surface area contributed by atoms with E-state index in [0.29, 0.717) is 13.0 Å². The Morgan fingerprint density at radius 2 is 2.12 bits per heavy atom. The van der Waals surface area contributed by atoms with Crippen LogP contribution in [0.15, 0.2) is 33.9 Å². The summed E-state index contributed by atoms with van der Waals surface area (Å²) in [5.74, 6) is -0.523. The van der Waals surface area contributed by atoms with Crippen LogP contribution in [0.4, 0.5) is 15.9 Å². The fourth-order valence-corrected chi connectivity index (χ4v) is 4.46. The number of amides is 1. The third kappa shape index (κ3) is 6.12. The number of likely N-dealkylation sites (tertiary alicyclic amines) is 1. The molecule has 1 amide bonds. The van der Waals surface area contributed by atoms with Crippen LogP contribution in [0.2, 0.25) is 0 Å². The minimum atomic E-state index is -0.704. The van der Waals surface area contributed by atoms with E-state index in [1.165, 1.54) is 28.7 Å². The Morgan fingerprint density at radius 3 is 2.79 bits per heavy atom. The number of aromatic nitrogens is 2. The molecule has 0 bridgehead atoms. The van der Waals surface area contributed by atoms with E-state index < -0.39 is 11.2 Å². The van der Waals surface area contributed by atoms with Crippen molar-refractivity contribution in [2.45, 2.75) is 45.7 Å². The Bertz CT molecular complexity index is 1110. The molecule has 1 atom stereocenters. The van der Waals surface area contributed by atoms with E-state index >= 15 is 0 Å². The minimum Gasteiger partial charge on any atom is -0.383 e. The monoisotopic (exact) mass is 475 g/mol. The van der Waals surface area contributed by atoms with Gasteiger partial charge in [0.1, 0.15) is 11.6 Å². The van der Waals surface area contributed by atoms with E-state index in [-0.39, 0.29) is 54.9 Å². The van der Waals surface area contributed by atoms with Gasteiger partial charge in [-0.1, -0.05) is 26.0 Å². The summed E-state index contributed by atoms with van der Waals surface area (Å²) in [7, 11) is 1.51. The molecule has 34 heavy (non-hydrogen) atoms. The number of nitrogen functional groups attached to an aromatic ring is 1. The van der Waals surface area contributed by atoms with Crippen molar-refractivity contribution in [1.82, 2.24) is 14.5 Å². The topological polar surface area (TPSA) is 114 Å². The largest absolute Gasteiger partial charge is 0.383 e. The predicted molar refractivity (Wildman–Crippen MR) is 130 cm³/mol. The number of H-pyrrole nitrogens is 1. The highest BCUT2D eigenvalue weighted by Gasteiger charge is 2.30. The number of hydrogen-bond acceptors (Lipinski definition) is 6. The molecule has 1 aliphatic heterocycles. The first-order valence-corrected chi connectivity index (χ1v) is 11.6. The molecule has 186 valence electrons. The zero-order valence-electron chi connectivity index (χ0n) is 20.1. The molecular formula is C24H34FN5O4. The van der Waals surface area contributed by atoms with Gasteiger partial charge in [-0.25, -0.2) is 9.18 Å². The van der Waals surface area contributed by atoms with Gasteiger partial charge < -0.3 is 15.4 Å². The van der Waals surface area contributed by atoms with E-state index in [2.05, 4.69) is 9.88 Å². The van der Waals surface area contributed by atoms with Crippen molar-refractivity contribution >= 4 is 17.4 Å². The Morgan fingerprint density at radius 1 is 1.35 bits per heavy atom. The van der Waals surface area contributed by atoms with Crippen molar-refractivity contribution in [2.24, 2.45) is 5.92 Å². The molecule has 2 aromatic rings. The number of halogens is 1. The summed E-state index contributed by atoms with van der Waals surface area (Å²) in [6, 6.07) is 6.57. The van der Waals surface area contributed by atoms with E-state index in [9.17, 15) is 18.8 Å². The number of nitrogens with two attached hydrogens (primary N) is 1. The van der Waals surface area contributed by atoms with Gasteiger partial charge in [0.05, 0.1) is 13.2 Å². The predicted octanol–water partition coefficient (Wildman–Crippen LogP) is 1.60. The number of aromatic amines is 1. The average molecular weight is 476 g/mol. The lowest BCUT2D eigenvalue weighted by Crippen LogP contribution is -2.47. The van der Waals surface area contributed by atoms with Gasteiger partial charge in [0.2, 0.25) is 5.91 Å². The van der Waals surface area contributed by atoms with Crippen molar-refractivity contribution in [3.63, 3.8) is 0 Å². The number of nitrogens with one attached hydrogen (secondary N) is 1. The first-order chi connectivity index (χ1) is 16.2. The van der Waals surface area contributed by atoms with Gasteiger partial charge in [-0.2, -0.15) is 0 Å². The van der Waals surface area contributed by atoms with Crippen molar-refractivity contribution in [3.05, 3.63) is 56.5 Å². The molecule has 0 saturated carbocycles. The Hall–Kier alpha value is -2.98. The van der Waals surface area contributed by atoms with Gasteiger partial charge in [-0.3, -0.25) is 24.0 Å². The molecule has 1 aliphatic rings. The lowest BCUT2D eigenvalue weighted by atomic mass is 10.0. The standard InChI is InChI=1S/C24H34FN5O4/c1-16(2)14-30-22(26)21(23(32)27-24(30)33)29(10-11-34-3)20(31)15-28-9-5-8-19(28)13-17-6-4-7-18(25)12-17/h4,6-7,12,16,19H,5,8-11,13-15,26H2,1-3H3,(H,27,32,33). The average Bonchev–Trinajstić information content (AvgIpc) is 3.19. The number of rotatable bonds is 10. The van der Waals surface area contributed by atoms with Crippen molar-refractivity contribution in [3.8, 4) is 0 Å². The van der Waals surface area contributed by atoms with Crippen molar-refractivity contribution in [1.29, 1.82) is 0 Å². The molecule has 3 N–H and O–H groups in total. The Balaban J connectivity index is 1.86. The van der Waals surface area contributed by atoms with E-state index in [0.717, 1.165) is 24.9 Å². The molecule has 2 heterocycles. The molecule has 10 heteroatoms. The van der Waals surface area contributed by atoms with Gasteiger partial charge in [0.25, 0.3) is 5.56 Å². The molecule has 1 aromatic carbocycles. The maximum absolute atomic E-state index is 13.6. The smallest absolute Gasteiger partial charge is 0.330 e. The van der Waals surface area contributed by atoms with Crippen molar-refractivity contribution < 1.29 is 13.9 Å². The number of anilines is 2. The summed E-state index contributed by atoms with van der Waals surface area (Å²) >= 11 is 0. The molecular weight excluding hydrogens is 441 g/mol. The molecule has 1 unspecified atom stereocenters. The quantitative estimate of drug-likeness (QED) is 0.540. The first-order valence-electron chi connectivity index (χ1n) is 11.6. The van der Waals surface area contributed by atoms with E-state index in [1.54, 1.807) is 6.07 Å². The first kappa shape index (κ1) is 25.6. The molecule has 9 nitrogen and oxygen atoms in total. The highest BCUT2D eigenvalue weighted by atomic mass is 19.1. The number of ether oxygens (including phenoxy) is 1. The highest BCUT2D eigenvalue weighted by molar-refractivity contribution is 5.96. The summed E-state index contributed by atoms with van der Waals surface area (Å²) in [6.45, 7) is 5.27. The molecule has 3 rings (SSSR count). The van der Waals surface area contributed by atoms with E-state index in [1.807, 2.05) is 19.9 Å². The van der Waals surface area contributed by atoms with Crippen LogP contribution in [-0.4, -0.2) is 59.8 Å². The normalized spacial score (nSPS) is 16.3. The summed E-state index contributed by atoms with van der Waals surface area (Å²) in [6.07, 6.45) is 2.45. The van der Waals surface area contributed by atoms with Crippen molar-refractivity contribution in [2.75, 3.05) is 44.0 Å². The van der Waals surface area contributed by atoms with E-state index in [4.69, 9.17) is 10.5 Å². The Labute approximate surface area is 198 Å². The maximum atomic E-state index is 13.6. The van der Waals surface area contributed by atoms with Gasteiger partial charge in [0, 0.05) is 26.2 Å². The van der Waals surface area contributed by atoms with Crippen LogP contribution in [0.3, 0.4) is 0 Å². The van der Waals surface area contributed by atoms with Crippen LogP contribution in [0.1, 0.15) is 32.3 Å². The van der Waals surface area contributed by atoms with Crippen LogP contribution in [0, 0.1) is 11.7 Å². The maximum Gasteiger partial charge on any atom is 0.330 e. The second-order valence-electron chi connectivity index (χ2n) is 9.14. The highest BCUT2D eigenvalue weighted by Crippen LogP contribution is 2.23. The van der Waals surface area contributed by atoms with Gasteiger partial charge in [-0.15, -0.1) is 0 Å². The summed E-state index contributed by atoms with van der Waals surface area (Å²) in [5, 5.41) is 0. The number of carbonyl (C=O) groups excluding carboxylic acids is 1. The summed E-state index contributed by atoms with van der Waals surface area (Å²) in [4.78, 5) is 44.2. The van der Waals surface area contributed by atoms with Crippen LogP contribution in [0.25, 0.3) is 0 Å². The van der Waals surface area contributed by atoms with Gasteiger partial charge >= 0.3 is 5.69 Å². The number of methoxy groups -OCH3 is 1. The second kappa shape index (κ2) is 11.4. The number of carbonyl (C=O) groups is 1. The van der Waals surface area contributed by atoms with Crippen LogP contribution in [-0.2, 0) is 22.5 Å². The van der Waals surface area contributed by atoms with Crippen LogP contribution >= 0.6 is 0 Å². The number of hydrogen-bond donors (Lipinski definition) is 2. The fourth-order valence-electron chi connectivity index (χ4n) is 4.46. The van der Waals surface area contributed by atoms with Gasteiger partial charge in [0.15, 0.2) is 5.69 Å². The third-order valence-corrected chi connectivity index (χ3v) is 6.05. The lowest BCUT2D eigenvalue weighted by molar-refractivity contribution is -0.120. The van der Waals surface area contributed by atoms with Crippen LogP contribution in [0.5, 0.6) is 0 Å². The second-order valence-corrected chi connectivity index (χ2v) is 9.14. The SMILES string of the molecule is COCCN(C(=O)CN1CCCC1Cc1cccc(F)c1)c1c(N)n(CC(C)C)c(=O)[nH]c1=O. The molecule has 1 fully saturated rings. The van der Waals surface area contributed by atoms with Gasteiger partial charge in [-0.05, 0) is 49.4 Å². The minimum absolute atomic E-state index is 0.0374. The molecule has 0 spiro atoms. The Kier molecular flexibility index (Phi) is 8.62. The third-order valence-electron chi connectivity index (χ3n) is 6.05. The zero-order chi connectivity index (χ0) is 24.8. The summed E-state index contributed by atoms with van der Waals surface area (Å²) < 4.78 is 20.1. The lowest BCUT2D eigenvalue weighted by Gasteiger charge is -2.29. The zero-order valence-corrected chi connectivity index (χ0v) is 20.1. The molecule has 0 aliphatic carbocycles. The fraction of sp³-hybridized carbons (Fsp3) is 0.542. The molecule has 1 saturated heterocycles. The molecule has 1 aromatic heterocycles.